The van der Waals surface area contributed by atoms with Crippen molar-refractivity contribution >= 4 is 10.0 Å². The number of hydrogen-bond acceptors (Lipinski definition) is 3. The van der Waals surface area contributed by atoms with Crippen molar-refractivity contribution < 1.29 is 8.42 Å². The summed E-state index contributed by atoms with van der Waals surface area (Å²) in [5.74, 6) is 0. The molecule has 0 amide bonds. The molecule has 0 saturated heterocycles. The molecule has 34 heavy (non-hydrogen) atoms. The molecule has 1 heterocycles. The monoisotopic (exact) mass is 479 g/mol. The highest BCUT2D eigenvalue weighted by molar-refractivity contribution is 7.89. The molecule has 1 N–H and O–H groups in total. The van der Waals surface area contributed by atoms with E-state index in [2.05, 4.69) is 4.72 Å². The summed E-state index contributed by atoms with van der Waals surface area (Å²) in [5.41, 5.74) is 2.41. The zero-order valence-electron chi connectivity index (χ0n) is 20.0. The number of rotatable bonds is 6. The van der Waals surface area contributed by atoms with Crippen LogP contribution in [0.2, 0.25) is 0 Å². The predicted molar refractivity (Wildman–Crippen MR) is 138 cm³/mol. The van der Waals surface area contributed by atoms with Crippen LogP contribution < -0.4 is 4.72 Å². The largest absolute Gasteiger partial charge is 0.266 e. The maximum absolute atomic E-state index is 13.7. The second-order valence-electron chi connectivity index (χ2n) is 9.47. The van der Waals surface area contributed by atoms with E-state index in [1.54, 1.807) is 10.9 Å². The predicted octanol–water partition coefficient (Wildman–Crippen LogP) is 6.55. The van der Waals surface area contributed by atoms with Crippen LogP contribution in [-0.2, 0) is 16.6 Å². The SMILES string of the molecule is O=S(=O)(NC1CCCCCCCCCCC1)c1cn(Cc2ccccc2)nc1-c1ccccc1. The first kappa shape index (κ1) is 24.7. The third-order valence-electron chi connectivity index (χ3n) is 6.68. The molecule has 4 rings (SSSR count). The molecule has 5 nitrogen and oxygen atoms in total. The lowest BCUT2D eigenvalue weighted by atomic mass is 9.98. The van der Waals surface area contributed by atoms with Gasteiger partial charge in [-0.2, -0.15) is 5.10 Å². The number of nitrogens with zero attached hydrogens (tertiary/aromatic N) is 2. The van der Waals surface area contributed by atoms with Gasteiger partial charge in [-0.15, -0.1) is 0 Å². The van der Waals surface area contributed by atoms with Crippen LogP contribution in [0.25, 0.3) is 11.3 Å². The molecule has 3 aromatic rings. The Morgan fingerprint density at radius 3 is 1.88 bits per heavy atom. The molecular formula is C28H37N3O2S. The van der Waals surface area contributed by atoms with Crippen molar-refractivity contribution in [3.8, 4) is 11.3 Å². The van der Waals surface area contributed by atoms with Gasteiger partial charge in [-0.1, -0.05) is 118 Å². The fraction of sp³-hybridized carbons (Fsp3) is 0.464. The molecular weight excluding hydrogens is 442 g/mol. The fourth-order valence-electron chi connectivity index (χ4n) is 4.81. The number of sulfonamides is 1. The maximum atomic E-state index is 13.7. The maximum Gasteiger partial charge on any atom is 0.244 e. The minimum absolute atomic E-state index is 0.0227. The van der Waals surface area contributed by atoms with Crippen molar-refractivity contribution in [3.05, 3.63) is 72.4 Å². The van der Waals surface area contributed by atoms with E-state index in [9.17, 15) is 8.42 Å². The van der Waals surface area contributed by atoms with Gasteiger partial charge in [-0.3, -0.25) is 4.68 Å². The zero-order valence-corrected chi connectivity index (χ0v) is 20.8. The highest BCUT2D eigenvalue weighted by atomic mass is 32.2. The second kappa shape index (κ2) is 12.3. The van der Waals surface area contributed by atoms with Crippen LogP contribution in [0.1, 0.15) is 76.2 Å². The minimum Gasteiger partial charge on any atom is -0.266 e. The average molecular weight is 480 g/mol. The normalized spacial score (nSPS) is 17.1. The van der Waals surface area contributed by atoms with Crippen LogP contribution in [0.5, 0.6) is 0 Å². The molecule has 1 fully saturated rings. The van der Waals surface area contributed by atoms with Crippen molar-refractivity contribution in [2.45, 2.75) is 88.1 Å². The first-order chi connectivity index (χ1) is 16.6. The Bertz CT molecular complexity index is 1100. The van der Waals surface area contributed by atoms with Crippen LogP contribution in [-0.4, -0.2) is 24.2 Å². The van der Waals surface area contributed by atoms with Gasteiger partial charge in [0.2, 0.25) is 10.0 Å². The zero-order chi connectivity index (χ0) is 23.6. The first-order valence-electron chi connectivity index (χ1n) is 12.8. The molecule has 0 radical (unpaired) electrons. The van der Waals surface area contributed by atoms with E-state index in [1.165, 1.54) is 44.9 Å². The third-order valence-corrected chi connectivity index (χ3v) is 8.20. The quantitative estimate of drug-likeness (QED) is 0.436. The molecule has 0 atom stereocenters. The van der Waals surface area contributed by atoms with Gasteiger partial charge in [0.25, 0.3) is 0 Å². The molecule has 0 unspecified atom stereocenters. The second-order valence-corrected chi connectivity index (χ2v) is 11.2. The van der Waals surface area contributed by atoms with E-state index in [0.717, 1.165) is 36.8 Å². The van der Waals surface area contributed by atoms with Crippen molar-refractivity contribution in [2.75, 3.05) is 0 Å². The summed E-state index contributed by atoms with van der Waals surface area (Å²) in [5, 5.41) is 4.72. The van der Waals surface area contributed by atoms with Crippen molar-refractivity contribution in [2.24, 2.45) is 0 Å². The fourth-order valence-corrected chi connectivity index (χ4v) is 6.29. The van der Waals surface area contributed by atoms with Gasteiger partial charge in [0.15, 0.2) is 0 Å². The van der Waals surface area contributed by atoms with Gasteiger partial charge in [0.05, 0.1) is 6.54 Å². The van der Waals surface area contributed by atoms with Crippen LogP contribution in [0.3, 0.4) is 0 Å². The van der Waals surface area contributed by atoms with Crippen LogP contribution in [0.4, 0.5) is 0 Å². The minimum atomic E-state index is -3.71. The molecule has 2 aromatic carbocycles. The standard InChI is InChI=1S/C28H37N3O2S/c32-34(33,30-26-20-14-6-4-2-1-3-5-7-15-21-26)27-23-31(22-24-16-10-8-11-17-24)29-28(27)25-18-12-9-13-19-25/h8-13,16-19,23,26,30H,1-7,14-15,20-22H2. The van der Waals surface area contributed by atoms with Crippen LogP contribution >= 0.6 is 0 Å². The molecule has 0 bridgehead atoms. The van der Waals surface area contributed by atoms with Gasteiger partial charge in [-0.05, 0) is 18.4 Å². The van der Waals surface area contributed by atoms with Crippen molar-refractivity contribution in [1.29, 1.82) is 0 Å². The Balaban J connectivity index is 1.58. The average Bonchev–Trinajstić information content (AvgIpc) is 3.27. The topological polar surface area (TPSA) is 64.0 Å². The van der Waals surface area contributed by atoms with Crippen LogP contribution in [0, 0.1) is 0 Å². The summed E-state index contributed by atoms with van der Waals surface area (Å²) < 4.78 is 32.2. The number of hydrogen-bond donors (Lipinski definition) is 1. The Kier molecular flexibility index (Phi) is 8.94. The van der Waals surface area contributed by atoms with E-state index in [-0.39, 0.29) is 10.9 Å². The van der Waals surface area contributed by atoms with E-state index < -0.39 is 10.0 Å². The smallest absolute Gasteiger partial charge is 0.244 e. The van der Waals surface area contributed by atoms with E-state index in [4.69, 9.17) is 5.10 Å². The van der Waals surface area contributed by atoms with Gasteiger partial charge >= 0.3 is 0 Å². The summed E-state index contributed by atoms with van der Waals surface area (Å²) in [6, 6.07) is 19.6. The number of aromatic nitrogens is 2. The van der Waals surface area contributed by atoms with Crippen LogP contribution in [0.15, 0.2) is 71.8 Å². The van der Waals surface area contributed by atoms with Crippen molar-refractivity contribution in [1.82, 2.24) is 14.5 Å². The van der Waals surface area contributed by atoms with Crippen molar-refractivity contribution in [3.63, 3.8) is 0 Å². The van der Waals surface area contributed by atoms with E-state index in [0.29, 0.717) is 12.2 Å². The summed E-state index contributed by atoms with van der Waals surface area (Å²) in [6.45, 7) is 0.527. The lowest BCUT2D eigenvalue weighted by Gasteiger charge is -2.19. The van der Waals surface area contributed by atoms with Gasteiger partial charge < -0.3 is 0 Å². The summed E-state index contributed by atoms with van der Waals surface area (Å²) in [4.78, 5) is 0.265. The summed E-state index contributed by atoms with van der Waals surface area (Å²) >= 11 is 0. The Labute approximate surface area is 204 Å². The van der Waals surface area contributed by atoms with E-state index >= 15 is 0 Å². The van der Waals surface area contributed by atoms with Gasteiger partial charge in [-0.25, -0.2) is 13.1 Å². The molecule has 1 aliphatic carbocycles. The lowest BCUT2D eigenvalue weighted by molar-refractivity contribution is 0.440. The molecule has 1 aliphatic rings. The summed E-state index contributed by atoms with van der Waals surface area (Å²) in [6.07, 6.45) is 14.5. The Morgan fingerprint density at radius 1 is 0.765 bits per heavy atom. The number of nitrogens with one attached hydrogen (secondary N) is 1. The number of benzene rings is 2. The third kappa shape index (κ3) is 7.03. The van der Waals surface area contributed by atoms with Gasteiger partial charge in [0, 0.05) is 17.8 Å². The molecule has 182 valence electrons. The molecule has 1 saturated carbocycles. The van der Waals surface area contributed by atoms with Gasteiger partial charge in [0.1, 0.15) is 10.6 Å². The highest BCUT2D eigenvalue weighted by Gasteiger charge is 2.26. The Morgan fingerprint density at radius 2 is 1.29 bits per heavy atom. The first-order valence-corrected chi connectivity index (χ1v) is 14.3. The lowest BCUT2D eigenvalue weighted by Crippen LogP contribution is -2.35. The molecule has 6 heteroatoms. The Hall–Kier alpha value is -2.44. The summed E-state index contributed by atoms with van der Waals surface area (Å²) in [7, 11) is -3.71. The molecule has 0 spiro atoms. The van der Waals surface area contributed by atoms with E-state index in [1.807, 2.05) is 60.7 Å². The molecule has 0 aliphatic heterocycles. The highest BCUT2D eigenvalue weighted by Crippen LogP contribution is 2.27. The molecule has 1 aromatic heterocycles.